The highest BCUT2D eigenvalue weighted by Gasteiger charge is 2.41. The van der Waals surface area contributed by atoms with Crippen LogP contribution in [0.25, 0.3) is 0 Å². The summed E-state index contributed by atoms with van der Waals surface area (Å²) >= 11 is 1.62. The molecule has 1 aliphatic carbocycles. The average molecular weight is 269 g/mol. The number of thiazole rings is 1. The van der Waals surface area contributed by atoms with Crippen LogP contribution in [0, 0.1) is 12.3 Å². The fourth-order valence-electron chi connectivity index (χ4n) is 1.73. The van der Waals surface area contributed by atoms with Crippen molar-refractivity contribution in [3.8, 4) is 0 Å². The molecule has 1 saturated carbocycles. The van der Waals surface area contributed by atoms with Gasteiger partial charge < -0.3 is 15.7 Å². The van der Waals surface area contributed by atoms with E-state index in [2.05, 4.69) is 15.6 Å². The summed E-state index contributed by atoms with van der Waals surface area (Å²) in [5.41, 5.74) is 0.982. The number of aliphatic hydroxyl groups excluding tert-OH is 1. The van der Waals surface area contributed by atoms with E-state index in [-0.39, 0.29) is 18.1 Å². The minimum absolute atomic E-state index is 0.0383. The van der Waals surface area contributed by atoms with Crippen molar-refractivity contribution in [1.82, 2.24) is 15.6 Å². The highest BCUT2D eigenvalue weighted by molar-refractivity contribution is 7.09. The Labute approximate surface area is 111 Å². The summed E-state index contributed by atoms with van der Waals surface area (Å²) < 4.78 is 0. The second kappa shape index (κ2) is 5.67. The SMILES string of the molecule is Cc1nc(CCNC(=O)NCC2(CO)CC2)cs1. The van der Waals surface area contributed by atoms with Gasteiger partial charge in [0, 0.05) is 30.3 Å². The fourth-order valence-corrected chi connectivity index (χ4v) is 2.37. The molecule has 1 aliphatic rings. The van der Waals surface area contributed by atoms with Crippen molar-refractivity contribution >= 4 is 17.4 Å². The maximum absolute atomic E-state index is 11.5. The molecule has 0 aliphatic heterocycles. The number of nitrogens with one attached hydrogen (secondary N) is 2. The molecule has 1 aromatic heterocycles. The quantitative estimate of drug-likeness (QED) is 0.723. The molecule has 0 unspecified atom stereocenters. The van der Waals surface area contributed by atoms with Gasteiger partial charge in [0.1, 0.15) is 0 Å². The van der Waals surface area contributed by atoms with E-state index in [0.29, 0.717) is 13.1 Å². The molecule has 1 fully saturated rings. The topological polar surface area (TPSA) is 74.2 Å². The predicted molar refractivity (Wildman–Crippen MR) is 70.7 cm³/mol. The third-order valence-electron chi connectivity index (χ3n) is 3.25. The summed E-state index contributed by atoms with van der Waals surface area (Å²) in [6, 6.07) is -0.165. The smallest absolute Gasteiger partial charge is 0.314 e. The summed E-state index contributed by atoms with van der Waals surface area (Å²) in [5.74, 6) is 0. The molecule has 0 saturated heterocycles. The number of carbonyl (C=O) groups excluding carboxylic acids is 1. The Morgan fingerprint density at radius 2 is 2.33 bits per heavy atom. The monoisotopic (exact) mass is 269 g/mol. The Bertz CT molecular complexity index is 415. The van der Waals surface area contributed by atoms with Crippen LogP contribution >= 0.6 is 11.3 Å². The van der Waals surface area contributed by atoms with Gasteiger partial charge in [-0.05, 0) is 19.8 Å². The molecule has 0 atom stereocenters. The largest absolute Gasteiger partial charge is 0.396 e. The molecular weight excluding hydrogens is 250 g/mol. The van der Waals surface area contributed by atoms with Gasteiger partial charge in [-0.2, -0.15) is 0 Å². The molecular formula is C12H19N3O2S. The van der Waals surface area contributed by atoms with Crippen LogP contribution in [-0.4, -0.2) is 35.8 Å². The van der Waals surface area contributed by atoms with Crippen LogP contribution in [0.4, 0.5) is 4.79 Å². The van der Waals surface area contributed by atoms with Crippen molar-refractivity contribution in [3.63, 3.8) is 0 Å². The van der Waals surface area contributed by atoms with Crippen molar-refractivity contribution in [2.24, 2.45) is 5.41 Å². The minimum atomic E-state index is -0.165. The van der Waals surface area contributed by atoms with Crippen molar-refractivity contribution in [3.05, 3.63) is 16.1 Å². The van der Waals surface area contributed by atoms with Crippen LogP contribution < -0.4 is 10.6 Å². The molecule has 0 spiro atoms. The lowest BCUT2D eigenvalue weighted by molar-refractivity contribution is 0.203. The molecule has 5 nitrogen and oxygen atoms in total. The van der Waals surface area contributed by atoms with E-state index < -0.39 is 0 Å². The van der Waals surface area contributed by atoms with Gasteiger partial charge in [-0.25, -0.2) is 9.78 Å². The zero-order valence-corrected chi connectivity index (χ0v) is 11.3. The van der Waals surface area contributed by atoms with Gasteiger partial charge in [-0.15, -0.1) is 11.3 Å². The lowest BCUT2D eigenvalue weighted by Gasteiger charge is -2.13. The normalized spacial score (nSPS) is 16.3. The maximum Gasteiger partial charge on any atom is 0.314 e. The third kappa shape index (κ3) is 3.68. The number of nitrogens with zero attached hydrogens (tertiary/aromatic N) is 1. The molecule has 1 heterocycles. The summed E-state index contributed by atoms with van der Waals surface area (Å²) in [6.07, 6.45) is 2.76. The first-order chi connectivity index (χ1) is 8.63. The number of hydrogen-bond acceptors (Lipinski definition) is 4. The lowest BCUT2D eigenvalue weighted by Crippen LogP contribution is -2.40. The van der Waals surface area contributed by atoms with Crippen LogP contribution in [0.2, 0.25) is 0 Å². The van der Waals surface area contributed by atoms with E-state index in [1.54, 1.807) is 11.3 Å². The summed E-state index contributed by atoms with van der Waals surface area (Å²) in [6.45, 7) is 3.27. The predicted octanol–water partition coefficient (Wildman–Crippen LogP) is 1.07. The van der Waals surface area contributed by atoms with Crippen molar-refractivity contribution in [2.45, 2.75) is 26.2 Å². The van der Waals surface area contributed by atoms with Gasteiger partial charge in [0.05, 0.1) is 17.3 Å². The standard InChI is InChI=1S/C12H19N3O2S/c1-9-15-10(6-18-9)2-5-13-11(17)14-7-12(8-16)3-4-12/h6,16H,2-5,7-8H2,1H3,(H2,13,14,17). The molecule has 100 valence electrons. The van der Waals surface area contributed by atoms with Crippen LogP contribution in [-0.2, 0) is 6.42 Å². The van der Waals surface area contributed by atoms with E-state index in [0.717, 1.165) is 30.0 Å². The van der Waals surface area contributed by atoms with E-state index in [1.807, 2.05) is 12.3 Å². The summed E-state index contributed by atoms with van der Waals surface area (Å²) in [7, 11) is 0. The number of amides is 2. The van der Waals surface area contributed by atoms with Crippen molar-refractivity contribution in [2.75, 3.05) is 19.7 Å². The van der Waals surface area contributed by atoms with E-state index in [9.17, 15) is 4.79 Å². The van der Waals surface area contributed by atoms with Crippen LogP contribution in [0.15, 0.2) is 5.38 Å². The van der Waals surface area contributed by atoms with Gasteiger partial charge in [0.2, 0.25) is 0 Å². The number of rotatable bonds is 6. The highest BCUT2D eigenvalue weighted by Crippen LogP contribution is 2.44. The van der Waals surface area contributed by atoms with Crippen LogP contribution in [0.1, 0.15) is 23.5 Å². The van der Waals surface area contributed by atoms with Gasteiger partial charge in [-0.1, -0.05) is 0 Å². The maximum atomic E-state index is 11.5. The second-order valence-electron chi connectivity index (χ2n) is 4.88. The number of carbonyl (C=O) groups is 1. The lowest BCUT2D eigenvalue weighted by atomic mass is 10.1. The van der Waals surface area contributed by atoms with E-state index in [1.165, 1.54) is 0 Å². The third-order valence-corrected chi connectivity index (χ3v) is 4.07. The Morgan fingerprint density at radius 1 is 1.56 bits per heavy atom. The molecule has 0 radical (unpaired) electrons. The zero-order chi connectivity index (χ0) is 13.0. The summed E-state index contributed by atoms with van der Waals surface area (Å²) in [5, 5.41) is 17.8. The number of aryl methyl sites for hydroxylation is 1. The first-order valence-electron chi connectivity index (χ1n) is 6.17. The average Bonchev–Trinajstić information content (AvgIpc) is 3.04. The highest BCUT2D eigenvalue weighted by atomic mass is 32.1. The molecule has 0 aromatic carbocycles. The van der Waals surface area contributed by atoms with Crippen LogP contribution in [0.5, 0.6) is 0 Å². The molecule has 1 aromatic rings. The Hall–Kier alpha value is -1.14. The number of urea groups is 1. The molecule has 18 heavy (non-hydrogen) atoms. The summed E-state index contributed by atoms with van der Waals surface area (Å²) in [4.78, 5) is 15.8. The molecule has 0 bridgehead atoms. The Morgan fingerprint density at radius 3 is 2.89 bits per heavy atom. The minimum Gasteiger partial charge on any atom is -0.396 e. The number of aromatic nitrogens is 1. The molecule has 3 N–H and O–H groups in total. The van der Waals surface area contributed by atoms with Crippen molar-refractivity contribution in [1.29, 1.82) is 0 Å². The van der Waals surface area contributed by atoms with Crippen molar-refractivity contribution < 1.29 is 9.90 Å². The van der Waals surface area contributed by atoms with Gasteiger partial charge in [0.25, 0.3) is 0 Å². The number of hydrogen-bond donors (Lipinski definition) is 3. The zero-order valence-electron chi connectivity index (χ0n) is 10.5. The fraction of sp³-hybridized carbons (Fsp3) is 0.667. The first kappa shape index (κ1) is 13.3. The van der Waals surface area contributed by atoms with E-state index >= 15 is 0 Å². The van der Waals surface area contributed by atoms with Gasteiger partial charge >= 0.3 is 6.03 Å². The Kier molecular flexibility index (Phi) is 4.19. The first-order valence-corrected chi connectivity index (χ1v) is 7.05. The number of aliphatic hydroxyl groups is 1. The molecule has 2 amide bonds. The van der Waals surface area contributed by atoms with Crippen LogP contribution in [0.3, 0.4) is 0 Å². The molecule has 6 heteroatoms. The Balaban J connectivity index is 1.60. The second-order valence-corrected chi connectivity index (χ2v) is 5.94. The molecule has 2 rings (SSSR count). The van der Waals surface area contributed by atoms with E-state index in [4.69, 9.17) is 5.11 Å². The van der Waals surface area contributed by atoms with Gasteiger partial charge in [-0.3, -0.25) is 0 Å². The van der Waals surface area contributed by atoms with Gasteiger partial charge in [0.15, 0.2) is 0 Å².